The summed E-state index contributed by atoms with van der Waals surface area (Å²) in [6.45, 7) is 3.12. The molecule has 0 atom stereocenters. The lowest BCUT2D eigenvalue weighted by Gasteiger charge is -2.24. The van der Waals surface area contributed by atoms with Gasteiger partial charge >= 0.3 is 0 Å². The van der Waals surface area contributed by atoms with Gasteiger partial charge in [-0.05, 0) is 30.4 Å². The zero-order valence-corrected chi connectivity index (χ0v) is 10.8. The molecule has 1 aliphatic heterocycles. The zero-order chi connectivity index (χ0) is 12.8. The van der Waals surface area contributed by atoms with Crippen LogP contribution in [0.5, 0.6) is 0 Å². The molecule has 100 valence electrons. The Labute approximate surface area is 111 Å². The van der Waals surface area contributed by atoms with Crippen molar-refractivity contribution < 1.29 is 9.15 Å². The van der Waals surface area contributed by atoms with Gasteiger partial charge in [-0.3, -0.25) is 0 Å². The van der Waals surface area contributed by atoms with Crippen LogP contribution in [0.15, 0.2) is 16.5 Å². The average molecular weight is 259 g/mol. The van der Waals surface area contributed by atoms with Gasteiger partial charge in [0.15, 0.2) is 5.58 Å². The molecule has 5 nitrogen and oxygen atoms in total. The highest BCUT2D eigenvalue weighted by Crippen LogP contribution is 2.44. The maximum atomic E-state index is 6.09. The van der Waals surface area contributed by atoms with Gasteiger partial charge < -0.3 is 19.8 Å². The van der Waals surface area contributed by atoms with Gasteiger partial charge in [-0.15, -0.1) is 0 Å². The predicted molar refractivity (Wildman–Crippen MR) is 73.4 cm³/mol. The van der Waals surface area contributed by atoms with E-state index in [9.17, 15) is 0 Å². The second kappa shape index (κ2) is 4.13. The highest BCUT2D eigenvalue weighted by atomic mass is 16.5. The summed E-state index contributed by atoms with van der Waals surface area (Å²) in [6.07, 6.45) is 2.48. The molecule has 5 heteroatoms. The molecule has 2 fully saturated rings. The lowest BCUT2D eigenvalue weighted by atomic mass is 10.1. The number of ether oxygens (including phenoxy) is 1. The minimum absolute atomic E-state index is 0.632. The summed E-state index contributed by atoms with van der Waals surface area (Å²) in [5.41, 5.74) is 9.85. The number of benzene rings is 1. The molecular weight excluding hydrogens is 242 g/mol. The molecule has 2 N–H and O–H groups in total. The molecule has 4 rings (SSSR count). The number of hydrogen-bond acceptors (Lipinski definition) is 5. The fraction of sp³-hybridized carbons (Fsp3) is 0.500. The third kappa shape index (κ3) is 1.94. The van der Waals surface area contributed by atoms with E-state index in [0.29, 0.717) is 11.9 Å². The number of anilines is 2. The van der Waals surface area contributed by atoms with Crippen LogP contribution in [-0.4, -0.2) is 31.3 Å². The Morgan fingerprint density at radius 3 is 2.74 bits per heavy atom. The number of rotatable bonds is 2. The van der Waals surface area contributed by atoms with E-state index in [0.717, 1.165) is 43.1 Å². The van der Waals surface area contributed by atoms with E-state index in [4.69, 9.17) is 14.9 Å². The Kier molecular flexibility index (Phi) is 2.41. The zero-order valence-electron chi connectivity index (χ0n) is 10.8. The van der Waals surface area contributed by atoms with Crippen LogP contribution in [0.3, 0.4) is 0 Å². The standard InChI is InChI=1S/C14H17N3O2/c15-11-8-13-12(7-10(11)9-1-2-9)16-14(19-13)17-3-5-18-6-4-17/h7-9H,1-6,15H2. The van der Waals surface area contributed by atoms with E-state index in [-0.39, 0.29) is 0 Å². The largest absolute Gasteiger partial charge is 0.423 e. The number of nitrogens with two attached hydrogens (primary N) is 1. The highest BCUT2D eigenvalue weighted by molar-refractivity contribution is 5.80. The van der Waals surface area contributed by atoms with Crippen LogP contribution < -0.4 is 10.6 Å². The summed E-state index contributed by atoms with van der Waals surface area (Å²) in [4.78, 5) is 6.72. The number of hydrogen-bond donors (Lipinski definition) is 1. The summed E-state index contributed by atoms with van der Waals surface area (Å²) < 4.78 is 11.2. The molecule has 0 amide bonds. The van der Waals surface area contributed by atoms with E-state index in [2.05, 4.69) is 16.0 Å². The van der Waals surface area contributed by atoms with Crippen molar-refractivity contribution in [1.82, 2.24) is 4.98 Å². The summed E-state index contributed by atoms with van der Waals surface area (Å²) in [5, 5.41) is 0. The first-order chi connectivity index (χ1) is 9.31. The molecule has 2 heterocycles. The molecule has 1 aromatic carbocycles. The second-order valence-electron chi connectivity index (χ2n) is 5.32. The van der Waals surface area contributed by atoms with Crippen molar-refractivity contribution in [1.29, 1.82) is 0 Å². The van der Waals surface area contributed by atoms with Crippen LogP contribution in [0.25, 0.3) is 11.1 Å². The van der Waals surface area contributed by atoms with Crippen molar-refractivity contribution in [2.45, 2.75) is 18.8 Å². The first-order valence-corrected chi connectivity index (χ1v) is 6.84. The molecule has 1 saturated heterocycles. The number of oxazole rings is 1. The van der Waals surface area contributed by atoms with Crippen molar-refractivity contribution in [3.05, 3.63) is 17.7 Å². The van der Waals surface area contributed by atoms with Crippen LogP contribution >= 0.6 is 0 Å². The molecule has 0 unspecified atom stereocenters. The van der Waals surface area contributed by atoms with E-state index < -0.39 is 0 Å². The van der Waals surface area contributed by atoms with E-state index >= 15 is 0 Å². The van der Waals surface area contributed by atoms with Crippen molar-refractivity contribution in [2.24, 2.45) is 0 Å². The highest BCUT2D eigenvalue weighted by Gasteiger charge is 2.27. The molecule has 19 heavy (non-hydrogen) atoms. The number of aromatic nitrogens is 1. The minimum atomic E-state index is 0.632. The van der Waals surface area contributed by atoms with E-state index in [1.807, 2.05) is 6.07 Å². The number of nitrogen functional groups attached to an aromatic ring is 1. The quantitative estimate of drug-likeness (QED) is 0.837. The summed E-state index contributed by atoms with van der Waals surface area (Å²) in [6, 6.07) is 4.70. The fourth-order valence-electron chi connectivity index (χ4n) is 2.63. The molecule has 2 aromatic rings. The van der Waals surface area contributed by atoms with Gasteiger partial charge in [-0.2, -0.15) is 4.98 Å². The van der Waals surface area contributed by atoms with Gasteiger partial charge in [0.2, 0.25) is 0 Å². The summed E-state index contributed by atoms with van der Waals surface area (Å²) in [7, 11) is 0. The maximum Gasteiger partial charge on any atom is 0.298 e. The molecule has 1 aliphatic carbocycles. The SMILES string of the molecule is Nc1cc2oc(N3CCOCC3)nc2cc1C1CC1. The normalized spacial score (nSPS) is 20.1. The average Bonchev–Trinajstić information content (AvgIpc) is 3.19. The smallest absolute Gasteiger partial charge is 0.298 e. The third-order valence-electron chi connectivity index (χ3n) is 3.88. The van der Waals surface area contributed by atoms with E-state index in [1.165, 1.54) is 18.4 Å². The number of fused-ring (bicyclic) bond motifs is 1. The van der Waals surface area contributed by atoms with Crippen molar-refractivity contribution in [3.63, 3.8) is 0 Å². The molecular formula is C14H17N3O2. The van der Waals surface area contributed by atoms with Crippen LogP contribution in [-0.2, 0) is 4.74 Å². The molecule has 0 spiro atoms. The Morgan fingerprint density at radius 1 is 1.21 bits per heavy atom. The molecule has 0 radical (unpaired) electrons. The first kappa shape index (κ1) is 11.1. The fourth-order valence-corrected chi connectivity index (χ4v) is 2.63. The maximum absolute atomic E-state index is 6.09. The Morgan fingerprint density at radius 2 is 2.00 bits per heavy atom. The van der Waals surface area contributed by atoms with Crippen LogP contribution in [0.2, 0.25) is 0 Å². The minimum Gasteiger partial charge on any atom is -0.423 e. The van der Waals surface area contributed by atoms with Gasteiger partial charge in [0, 0.05) is 24.8 Å². The Hall–Kier alpha value is -1.75. The Bertz CT molecular complexity index is 612. The van der Waals surface area contributed by atoms with Gasteiger partial charge in [-0.1, -0.05) is 0 Å². The van der Waals surface area contributed by atoms with Crippen molar-refractivity contribution >= 4 is 22.8 Å². The monoisotopic (exact) mass is 259 g/mol. The lowest BCUT2D eigenvalue weighted by Crippen LogP contribution is -2.36. The second-order valence-corrected chi connectivity index (χ2v) is 5.32. The summed E-state index contributed by atoms with van der Waals surface area (Å²) in [5.74, 6) is 0.632. The number of morpholine rings is 1. The predicted octanol–water partition coefficient (Wildman–Crippen LogP) is 2.12. The van der Waals surface area contributed by atoms with Gasteiger partial charge in [-0.25, -0.2) is 0 Å². The summed E-state index contributed by atoms with van der Waals surface area (Å²) >= 11 is 0. The van der Waals surface area contributed by atoms with Crippen molar-refractivity contribution in [3.8, 4) is 0 Å². The Balaban J connectivity index is 1.73. The molecule has 2 aliphatic rings. The third-order valence-corrected chi connectivity index (χ3v) is 3.88. The van der Waals surface area contributed by atoms with Crippen LogP contribution in [0.4, 0.5) is 11.7 Å². The van der Waals surface area contributed by atoms with Gasteiger partial charge in [0.05, 0.1) is 13.2 Å². The first-order valence-electron chi connectivity index (χ1n) is 6.84. The van der Waals surface area contributed by atoms with E-state index in [1.54, 1.807) is 0 Å². The van der Waals surface area contributed by atoms with Crippen LogP contribution in [0.1, 0.15) is 24.3 Å². The van der Waals surface area contributed by atoms with Crippen molar-refractivity contribution in [2.75, 3.05) is 36.9 Å². The van der Waals surface area contributed by atoms with Gasteiger partial charge in [0.1, 0.15) is 5.52 Å². The van der Waals surface area contributed by atoms with Crippen LogP contribution in [0, 0.1) is 0 Å². The molecule has 0 bridgehead atoms. The molecule has 1 aromatic heterocycles. The lowest BCUT2D eigenvalue weighted by molar-refractivity contribution is 0.120. The molecule has 1 saturated carbocycles. The van der Waals surface area contributed by atoms with Gasteiger partial charge in [0.25, 0.3) is 6.01 Å². The number of nitrogens with zero attached hydrogens (tertiary/aromatic N) is 2. The topological polar surface area (TPSA) is 64.5 Å².